The van der Waals surface area contributed by atoms with Crippen molar-refractivity contribution >= 4 is 23.2 Å². The number of likely N-dealkylation sites (tertiary alicyclic amines) is 1. The monoisotopic (exact) mass is 362 g/mol. The highest BCUT2D eigenvalue weighted by Gasteiger charge is 2.14. The largest absolute Gasteiger partial charge is 0.380 e. The molecule has 1 aromatic rings. The van der Waals surface area contributed by atoms with Crippen LogP contribution in [0.25, 0.3) is 0 Å². The van der Waals surface area contributed by atoms with Gasteiger partial charge in [0.2, 0.25) is 11.8 Å². The summed E-state index contributed by atoms with van der Waals surface area (Å²) in [6.45, 7) is 2.70. The van der Waals surface area contributed by atoms with E-state index in [0.717, 1.165) is 31.6 Å². The summed E-state index contributed by atoms with van der Waals surface area (Å²) in [6.07, 6.45) is 4.75. The van der Waals surface area contributed by atoms with Gasteiger partial charge < -0.3 is 21.1 Å². The predicted octanol–water partition coefficient (Wildman–Crippen LogP) is 1.80. The van der Waals surface area contributed by atoms with Crippen LogP contribution in [0.1, 0.15) is 32.1 Å². The number of hydrogen-bond acceptors (Lipinski definition) is 5. The number of methoxy groups -OCH3 is 1. The molecule has 2 rings (SSSR count). The van der Waals surface area contributed by atoms with Crippen LogP contribution >= 0.6 is 0 Å². The first-order valence-electron chi connectivity index (χ1n) is 9.25. The highest BCUT2D eigenvalue weighted by Crippen LogP contribution is 2.15. The zero-order valence-corrected chi connectivity index (χ0v) is 15.5. The minimum Gasteiger partial charge on any atom is -0.380 e. The summed E-state index contributed by atoms with van der Waals surface area (Å²) in [5.74, 6) is -0.158. The number of carbonyl (C=O) groups excluding carboxylic acids is 2. The molecule has 0 bridgehead atoms. The Morgan fingerprint density at radius 1 is 1.04 bits per heavy atom. The van der Waals surface area contributed by atoms with Gasteiger partial charge in [-0.3, -0.25) is 14.5 Å². The standard InChI is InChI=1S/C19H30N4O3/c1-26-17(13-20)12-18(24)21-15-6-8-16(9-7-15)22-19(25)14-23-10-4-2-3-5-11-23/h6-9,17H,2-5,10-14,20H2,1H3,(H,21,24)(H,22,25). The molecule has 2 amide bonds. The number of hydrogen-bond donors (Lipinski definition) is 3. The van der Waals surface area contributed by atoms with Crippen LogP contribution in [0.5, 0.6) is 0 Å². The van der Waals surface area contributed by atoms with Gasteiger partial charge in [-0.15, -0.1) is 0 Å². The molecule has 0 spiro atoms. The third kappa shape index (κ3) is 7.11. The minimum atomic E-state index is -0.285. The molecule has 1 fully saturated rings. The summed E-state index contributed by atoms with van der Waals surface area (Å²) in [5, 5.41) is 5.71. The van der Waals surface area contributed by atoms with Crippen molar-refractivity contribution in [3.05, 3.63) is 24.3 Å². The molecule has 0 saturated carbocycles. The van der Waals surface area contributed by atoms with Crippen molar-refractivity contribution in [2.75, 3.05) is 43.9 Å². The van der Waals surface area contributed by atoms with Crippen LogP contribution < -0.4 is 16.4 Å². The van der Waals surface area contributed by atoms with E-state index in [-0.39, 0.29) is 24.3 Å². The van der Waals surface area contributed by atoms with Crippen molar-refractivity contribution in [1.82, 2.24) is 4.90 Å². The molecule has 7 nitrogen and oxygen atoms in total. The van der Waals surface area contributed by atoms with E-state index in [9.17, 15) is 9.59 Å². The van der Waals surface area contributed by atoms with Crippen LogP contribution in [0.4, 0.5) is 11.4 Å². The number of rotatable bonds is 8. The third-order valence-corrected chi connectivity index (χ3v) is 4.53. The van der Waals surface area contributed by atoms with Crippen LogP contribution in [-0.2, 0) is 14.3 Å². The predicted molar refractivity (Wildman–Crippen MR) is 103 cm³/mol. The number of benzene rings is 1. The molecule has 1 aliphatic rings. The van der Waals surface area contributed by atoms with E-state index < -0.39 is 0 Å². The zero-order chi connectivity index (χ0) is 18.8. The van der Waals surface area contributed by atoms with E-state index in [0.29, 0.717) is 18.8 Å². The van der Waals surface area contributed by atoms with Gasteiger partial charge in [-0.25, -0.2) is 0 Å². The molecule has 1 unspecified atom stereocenters. The van der Waals surface area contributed by atoms with Crippen molar-refractivity contribution in [2.24, 2.45) is 5.73 Å². The fourth-order valence-corrected chi connectivity index (χ4v) is 3.02. The number of amides is 2. The van der Waals surface area contributed by atoms with Gasteiger partial charge in [0.1, 0.15) is 0 Å². The summed E-state index contributed by atoms with van der Waals surface area (Å²) in [6, 6.07) is 7.10. The second-order valence-corrected chi connectivity index (χ2v) is 6.66. The molecule has 1 aromatic carbocycles. The first-order valence-corrected chi connectivity index (χ1v) is 9.25. The quantitative estimate of drug-likeness (QED) is 0.655. The maximum Gasteiger partial charge on any atom is 0.238 e. The Morgan fingerprint density at radius 2 is 1.58 bits per heavy atom. The molecule has 1 aliphatic heterocycles. The lowest BCUT2D eigenvalue weighted by molar-refractivity contribution is -0.118. The smallest absolute Gasteiger partial charge is 0.238 e. The molecule has 26 heavy (non-hydrogen) atoms. The molecule has 144 valence electrons. The summed E-state index contributed by atoms with van der Waals surface area (Å²) in [5.41, 5.74) is 6.91. The van der Waals surface area contributed by atoms with Crippen molar-refractivity contribution in [2.45, 2.75) is 38.2 Å². The average Bonchev–Trinajstić information content (AvgIpc) is 2.90. The molecule has 1 saturated heterocycles. The van der Waals surface area contributed by atoms with Crippen molar-refractivity contribution in [3.8, 4) is 0 Å². The lowest BCUT2D eigenvalue weighted by Gasteiger charge is -2.19. The van der Waals surface area contributed by atoms with Crippen LogP contribution in [-0.4, -0.2) is 56.1 Å². The number of nitrogens with zero attached hydrogens (tertiary/aromatic N) is 1. The van der Waals surface area contributed by atoms with Gasteiger partial charge in [-0.05, 0) is 50.2 Å². The fraction of sp³-hybridized carbons (Fsp3) is 0.579. The van der Waals surface area contributed by atoms with E-state index in [4.69, 9.17) is 10.5 Å². The Balaban J connectivity index is 1.79. The maximum atomic E-state index is 12.2. The SMILES string of the molecule is COC(CN)CC(=O)Nc1ccc(NC(=O)CN2CCCCCC2)cc1. The maximum absolute atomic E-state index is 12.2. The topological polar surface area (TPSA) is 96.7 Å². The van der Waals surface area contributed by atoms with E-state index in [1.807, 2.05) is 0 Å². The molecule has 0 radical (unpaired) electrons. The summed E-state index contributed by atoms with van der Waals surface area (Å²) in [7, 11) is 1.54. The average molecular weight is 362 g/mol. The van der Waals surface area contributed by atoms with Gasteiger partial charge in [0.05, 0.1) is 19.1 Å². The second kappa shape index (κ2) is 10.9. The molecule has 1 heterocycles. The van der Waals surface area contributed by atoms with Crippen LogP contribution in [0, 0.1) is 0 Å². The minimum absolute atomic E-state index is 0.00503. The number of nitrogens with two attached hydrogens (primary N) is 1. The van der Waals surface area contributed by atoms with E-state index in [1.165, 1.54) is 20.0 Å². The number of nitrogens with one attached hydrogen (secondary N) is 2. The fourth-order valence-electron chi connectivity index (χ4n) is 3.02. The van der Waals surface area contributed by atoms with Gasteiger partial charge in [-0.2, -0.15) is 0 Å². The second-order valence-electron chi connectivity index (χ2n) is 6.66. The summed E-state index contributed by atoms with van der Waals surface area (Å²) < 4.78 is 5.10. The normalized spacial score (nSPS) is 16.5. The number of ether oxygens (including phenoxy) is 1. The van der Waals surface area contributed by atoms with Gasteiger partial charge in [0.15, 0.2) is 0 Å². The third-order valence-electron chi connectivity index (χ3n) is 4.53. The first-order chi connectivity index (χ1) is 12.6. The van der Waals surface area contributed by atoms with E-state index in [2.05, 4.69) is 15.5 Å². The summed E-state index contributed by atoms with van der Waals surface area (Å²) in [4.78, 5) is 26.3. The number of anilines is 2. The van der Waals surface area contributed by atoms with Crippen LogP contribution in [0.3, 0.4) is 0 Å². The van der Waals surface area contributed by atoms with Crippen molar-refractivity contribution < 1.29 is 14.3 Å². The highest BCUT2D eigenvalue weighted by molar-refractivity contribution is 5.93. The lowest BCUT2D eigenvalue weighted by Crippen LogP contribution is -2.33. The molecule has 0 aromatic heterocycles. The molecular formula is C19H30N4O3. The molecule has 4 N–H and O–H groups in total. The summed E-state index contributed by atoms with van der Waals surface area (Å²) >= 11 is 0. The van der Waals surface area contributed by atoms with Crippen molar-refractivity contribution in [3.63, 3.8) is 0 Å². The first kappa shape index (κ1) is 20.4. The molecule has 0 aliphatic carbocycles. The van der Waals surface area contributed by atoms with Crippen LogP contribution in [0.15, 0.2) is 24.3 Å². The van der Waals surface area contributed by atoms with Gasteiger partial charge in [0, 0.05) is 25.0 Å². The number of carbonyl (C=O) groups is 2. The zero-order valence-electron chi connectivity index (χ0n) is 15.5. The van der Waals surface area contributed by atoms with Gasteiger partial charge >= 0.3 is 0 Å². The lowest BCUT2D eigenvalue weighted by atomic mass is 10.2. The van der Waals surface area contributed by atoms with E-state index in [1.54, 1.807) is 24.3 Å². The Morgan fingerprint density at radius 3 is 2.08 bits per heavy atom. The highest BCUT2D eigenvalue weighted by atomic mass is 16.5. The van der Waals surface area contributed by atoms with Crippen molar-refractivity contribution in [1.29, 1.82) is 0 Å². The molecular weight excluding hydrogens is 332 g/mol. The Labute approximate surface area is 155 Å². The van der Waals surface area contributed by atoms with Crippen LogP contribution in [0.2, 0.25) is 0 Å². The van der Waals surface area contributed by atoms with Gasteiger partial charge in [0.25, 0.3) is 0 Å². The Kier molecular flexibility index (Phi) is 8.53. The Bertz CT molecular complexity index is 565. The van der Waals surface area contributed by atoms with E-state index >= 15 is 0 Å². The molecule has 1 atom stereocenters. The molecule has 7 heteroatoms. The van der Waals surface area contributed by atoms with Gasteiger partial charge in [-0.1, -0.05) is 12.8 Å². The Hall–Kier alpha value is -1.96.